The minimum absolute atomic E-state index is 0. The molecule has 4 bridgehead atoms. The second kappa shape index (κ2) is 13.5. The zero-order chi connectivity index (χ0) is 24.5. The number of hydrogen-bond donors (Lipinski definition) is 0. The van der Waals surface area contributed by atoms with Crippen LogP contribution in [0, 0.1) is 35.5 Å². The molecule has 1 saturated carbocycles. The fraction of sp³-hybridized carbons (Fsp3) is 0.733. The molecule has 3 saturated heterocycles. The SMILES string of the molecule is CC1C2C=CC(C1C)N(C)C2.CC1C2CCC(C1C)N(C)C2.CC=CC.CN1C=CC=CC1.[HH]. The molecule has 190 valence electrons. The van der Waals surface area contributed by atoms with Gasteiger partial charge < -0.3 is 9.80 Å². The van der Waals surface area contributed by atoms with E-state index < -0.39 is 0 Å². The standard InChI is InChI=1S/C10H19N.C10H17N.C6H9N.C4H8.H2/c2*1-7-8(2)10-5-4-9(7)6-11(10)3;1-7-5-3-2-4-6-7;1-3-4-2;/h7-10H,4-6H2,1-3H3;4-5,7-10H,6H2,1-3H3;2-5H,6H2,1H3;3-4H,1-2H3;1H. The van der Waals surface area contributed by atoms with Crippen LogP contribution in [0.1, 0.15) is 55.8 Å². The highest BCUT2D eigenvalue weighted by molar-refractivity contribution is 5.12. The summed E-state index contributed by atoms with van der Waals surface area (Å²) in [4.78, 5) is 7.17. The Morgan fingerprint density at radius 3 is 1.82 bits per heavy atom. The van der Waals surface area contributed by atoms with E-state index in [2.05, 4.69) is 94.0 Å². The smallest absolute Gasteiger partial charge is 0.0353 e. The van der Waals surface area contributed by atoms with Gasteiger partial charge in [-0.3, -0.25) is 4.90 Å². The summed E-state index contributed by atoms with van der Waals surface area (Å²) in [6.07, 6.45) is 20.0. The van der Waals surface area contributed by atoms with E-state index in [1.807, 2.05) is 32.1 Å². The van der Waals surface area contributed by atoms with E-state index in [0.717, 1.165) is 54.1 Å². The van der Waals surface area contributed by atoms with Crippen molar-refractivity contribution in [3.63, 3.8) is 0 Å². The molecule has 7 aliphatic rings. The Hall–Kier alpha value is -1.32. The predicted octanol–water partition coefficient (Wildman–Crippen LogP) is 6.57. The van der Waals surface area contributed by atoms with E-state index in [9.17, 15) is 0 Å². The summed E-state index contributed by atoms with van der Waals surface area (Å²) in [5, 5.41) is 0. The highest BCUT2D eigenvalue weighted by Gasteiger charge is 2.41. The third-order valence-electron chi connectivity index (χ3n) is 9.02. The summed E-state index contributed by atoms with van der Waals surface area (Å²) in [6.45, 7) is 17.3. The van der Waals surface area contributed by atoms with E-state index in [-0.39, 0.29) is 1.43 Å². The molecule has 0 aromatic heterocycles. The largest absolute Gasteiger partial charge is 0.377 e. The summed E-state index contributed by atoms with van der Waals surface area (Å²) >= 11 is 0. The van der Waals surface area contributed by atoms with Gasteiger partial charge in [0.25, 0.3) is 0 Å². The van der Waals surface area contributed by atoms with Gasteiger partial charge in [0.05, 0.1) is 0 Å². The molecule has 0 spiro atoms. The van der Waals surface area contributed by atoms with E-state index in [0.29, 0.717) is 0 Å². The second-order valence-corrected chi connectivity index (χ2v) is 11.1. The zero-order valence-electron chi connectivity index (χ0n) is 23.1. The topological polar surface area (TPSA) is 9.72 Å². The molecular formula is C30H55N3. The number of rotatable bonds is 0. The molecule has 0 aromatic carbocycles. The summed E-state index contributed by atoms with van der Waals surface area (Å²) in [5.74, 6) is 5.47. The Bertz CT molecular complexity index is 679. The van der Waals surface area contributed by atoms with Gasteiger partial charge in [-0.25, -0.2) is 0 Å². The van der Waals surface area contributed by atoms with Crippen LogP contribution in [0.4, 0.5) is 0 Å². The molecule has 5 heterocycles. The fourth-order valence-electron chi connectivity index (χ4n) is 6.18. The minimum atomic E-state index is 0. The van der Waals surface area contributed by atoms with E-state index >= 15 is 0 Å². The zero-order valence-corrected chi connectivity index (χ0v) is 23.1. The molecule has 5 aliphatic heterocycles. The van der Waals surface area contributed by atoms with Crippen molar-refractivity contribution in [1.82, 2.24) is 14.7 Å². The van der Waals surface area contributed by atoms with Gasteiger partial charge in [-0.2, -0.15) is 0 Å². The molecule has 0 amide bonds. The molecule has 0 radical (unpaired) electrons. The van der Waals surface area contributed by atoms with Crippen LogP contribution < -0.4 is 0 Å². The van der Waals surface area contributed by atoms with E-state index in [4.69, 9.17) is 0 Å². The Balaban J connectivity index is 0.000000238. The van der Waals surface area contributed by atoms with Crippen LogP contribution >= 0.6 is 0 Å². The van der Waals surface area contributed by atoms with Crippen molar-refractivity contribution >= 4 is 0 Å². The molecule has 7 rings (SSSR count). The summed E-state index contributed by atoms with van der Waals surface area (Å²) < 4.78 is 0. The lowest BCUT2D eigenvalue weighted by molar-refractivity contribution is -0.0176. The molecular weight excluding hydrogens is 402 g/mol. The molecule has 8 atom stereocenters. The van der Waals surface area contributed by atoms with Gasteiger partial charge in [-0.05, 0) is 88.6 Å². The van der Waals surface area contributed by atoms with Crippen LogP contribution in [0.2, 0.25) is 0 Å². The molecule has 4 fully saturated rings. The number of nitrogens with zero attached hydrogens (tertiary/aromatic N) is 3. The minimum Gasteiger partial charge on any atom is -0.377 e. The quantitative estimate of drug-likeness (QED) is 0.381. The molecule has 3 heteroatoms. The number of allylic oxidation sites excluding steroid dienone is 4. The monoisotopic (exact) mass is 457 g/mol. The highest BCUT2D eigenvalue weighted by Crippen LogP contribution is 2.42. The van der Waals surface area contributed by atoms with Crippen LogP contribution in [0.5, 0.6) is 0 Å². The Morgan fingerprint density at radius 1 is 0.758 bits per heavy atom. The van der Waals surface area contributed by atoms with Crippen molar-refractivity contribution in [2.75, 3.05) is 40.8 Å². The maximum absolute atomic E-state index is 2.57. The van der Waals surface area contributed by atoms with Gasteiger partial charge in [-0.1, -0.05) is 64.2 Å². The average molecular weight is 458 g/mol. The van der Waals surface area contributed by atoms with Crippen molar-refractivity contribution in [2.24, 2.45) is 35.5 Å². The Kier molecular flexibility index (Phi) is 11.5. The molecule has 3 nitrogen and oxygen atoms in total. The molecule has 2 aliphatic carbocycles. The van der Waals surface area contributed by atoms with Crippen LogP contribution in [0.15, 0.2) is 48.7 Å². The first-order valence-corrected chi connectivity index (χ1v) is 13.4. The van der Waals surface area contributed by atoms with Crippen LogP contribution in [-0.2, 0) is 0 Å². The lowest BCUT2D eigenvalue weighted by atomic mass is 9.67. The maximum Gasteiger partial charge on any atom is 0.0353 e. The van der Waals surface area contributed by atoms with Gasteiger partial charge in [0.2, 0.25) is 0 Å². The molecule has 8 unspecified atom stereocenters. The van der Waals surface area contributed by atoms with Gasteiger partial charge in [0, 0.05) is 40.2 Å². The van der Waals surface area contributed by atoms with Gasteiger partial charge in [-0.15, -0.1) is 0 Å². The van der Waals surface area contributed by atoms with Gasteiger partial charge in [0.1, 0.15) is 0 Å². The number of fused-ring (bicyclic) bond motifs is 5. The fourth-order valence-corrected chi connectivity index (χ4v) is 6.18. The third-order valence-corrected chi connectivity index (χ3v) is 9.02. The first-order chi connectivity index (χ1) is 15.7. The third kappa shape index (κ3) is 7.59. The lowest BCUT2D eigenvalue weighted by Gasteiger charge is -2.51. The second-order valence-electron chi connectivity index (χ2n) is 11.1. The number of likely N-dealkylation sites (N-methyl/N-ethyl adjacent to an activating group) is 2. The first kappa shape index (κ1) is 27.9. The predicted molar refractivity (Wildman–Crippen MR) is 148 cm³/mol. The van der Waals surface area contributed by atoms with Crippen LogP contribution in [0.3, 0.4) is 0 Å². The number of hydrogen-bond acceptors (Lipinski definition) is 3. The first-order valence-electron chi connectivity index (χ1n) is 13.4. The summed E-state index contributed by atoms with van der Waals surface area (Å²) in [6, 6.07) is 1.62. The van der Waals surface area contributed by atoms with Crippen molar-refractivity contribution in [3.8, 4) is 0 Å². The van der Waals surface area contributed by atoms with Crippen LogP contribution in [0.25, 0.3) is 0 Å². The van der Waals surface area contributed by atoms with E-state index in [1.54, 1.807) is 0 Å². The van der Waals surface area contributed by atoms with Crippen molar-refractivity contribution in [1.29, 1.82) is 0 Å². The van der Waals surface area contributed by atoms with Crippen LogP contribution in [-0.4, -0.2) is 67.6 Å². The van der Waals surface area contributed by atoms with Gasteiger partial charge in [0.15, 0.2) is 0 Å². The van der Waals surface area contributed by atoms with Crippen molar-refractivity contribution in [3.05, 3.63) is 48.7 Å². The molecule has 0 N–H and O–H groups in total. The summed E-state index contributed by atoms with van der Waals surface area (Å²) in [5.41, 5.74) is 0. The van der Waals surface area contributed by atoms with Crippen molar-refractivity contribution in [2.45, 2.75) is 66.5 Å². The Labute approximate surface area is 207 Å². The lowest BCUT2D eigenvalue weighted by Crippen LogP contribution is -2.54. The highest BCUT2D eigenvalue weighted by atomic mass is 15.2. The normalized spacial score (nSPS) is 38.9. The maximum atomic E-state index is 2.57. The average Bonchev–Trinajstić information content (AvgIpc) is 2.82. The molecule has 33 heavy (non-hydrogen) atoms. The van der Waals surface area contributed by atoms with E-state index in [1.165, 1.54) is 25.9 Å². The van der Waals surface area contributed by atoms with Gasteiger partial charge >= 0.3 is 0 Å². The summed E-state index contributed by atoms with van der Waals surface area (Å²) in [7, 11) is 6.59. The van der Waals surface area contributed by atoms with Crippen molar-refractivity contribution < 1.29 is 1.43 Å². The molecule has 0 aromatic rings. The number of piperidine rings is 3. The Morgan fingerprint density at radius 2 is 1.45 bits per heavy atom.